The number of nitrogens with one attached hydrogen (secondary N) is 1. The van der Waals surface area contributed by atoms with Gasteiger partial charge < -0.3 is 15.3 Å². The van der Waals surface area contributed by atoms with E-state index < -0.39 is 5.91 Å². The maximum atomic E-state index is 12.1. The molecule has 0 unspecified atom stereocenters. The largest absolute Gasteiger partial charge is 0.364 e. The number of carbonyl (C=O) groups is 1. The highest BCUT2D eigenvalue weighted by atomic mass is 16.1. The van der Waals surface area contributed by atoms with Crippen LogP contribution in [-0.4, -0.2) is 15.5 Å². The fourth-order valence-electron chi connectivity index (χ4n) is 2.50. The second-order valence-corrected chi connectivity index (χ2v) is 5.07. The molecule has 5 nitrogen and oxygen atoms in total. The smallest absolute Gasteiger partial charge is 0.274 e. The summed E-state index contributed by atoms with van der Waals surface area (Å²) in [4.78, 5) is 26.3. The molecule has 0 spiro atoms. The second kappa shape index (κ2) is 4.94. The third kappa shape index (κ3) is 2.33. The van der Waals surface area contributed by atoms with Gasteiger partial charge in [0.1, 0.15) is 11.2 Å². The number of aromatic amines is 1. The highest BCUT2D eigenvalue weighted by molar-refractivity contribution is 5.97. The summed E-state index contributed by atoms with van der Waals surface area (Å²) in [5.74, 6) is -0.570. The Hall–Kier alpha value is -2.82. The van der Waals surface area contributed by atoms with Crippen LogP contribution in [0.3, 0.4) is 0 Å². The van der Waals surface area contributed by atoms with Crippen LogP contribution in [0.4, 0.5) is 0 Å². The van der Waals surface area contributed by atoms with E-state index in [2.05, 4.69) is 4.98 Å². The zero-order valence-corrected chi connectivity index (χ0v) is 11.6. The number of aromatic nitrogens is 2. The molecule has 0 saturated carbocycles. The molecule has 0 aliphatic rings. The Morgan fingerprint density at radius 3 is 2.67 bits per heavy atom. The molecule has 0 saturated heterocycles. The number of nitrogens with two attached hydrogens (primary N) is 1. The third-order valence-corrected chi connectivity index (χ3v) is 3.55. The Kier molecular flexibility index (Phi) is 3.10. The molecule has 3 rings (SSSR count). The van der Waals surface area contributed by atoms with Gasteiger partial charge in [0, 0.05) is 18.6 Å². The van der Waals surface area contributed by atoms with Gasteiger partial charge in [0.25, 0.3) is 11.5 Å². The number of benzene rings is 1. The number of amides is 1. The first-order valence-corrected chi connectivity index (χ1v) is 6.61. The standard InChI is InChI=1S/C16H15N3O2/c1-19-9-11(7-10-5-3-2-4-6-10)12-8-13(15(17)20)18-14(12)16(19)21/h2-6,8-9,18H,7H2,1H3,(H2,17,20). The molecular formula is C16H15N3O2. The molecule has 0 atom stereocenters. The summed E-state index contributed by atoms with van der Waals surface area (Å²) >= 11 is 0. The number of fused-ring (bicyclic) bond motifs is 1. The van der Waals surface area contributed by atoms with Crippen molar-refractivity contribution in [3.05, 3.63) is 69.8 Å². The molecule has 3 N–H and O–H groups in total. The van der Waals surface area contributed by atoms with Crippen molar-refractivity contribution in [2.45, 2.75) is 6.42 Å². The van der Waals surface area contributed by atoms with Gasteiger partial charge in [0.05, 0.1) is 0 Å². The minimum absolute atomic E-state index is 0.172. The topological polar surface area (TPSA) is 80.9 Å². The van der Waals surface area contributed by atoms with Crippen LogP contribution in [0.15, 0.2) is 47.4 Å². The van der Waals surface area contributed by atoms with Crippen molar-refractivity contribution in [2.24, 2.45) is 12.8 Å². The van der Waals surface area contributed by atoms with Crippen molar-refractivity contribution in [1.29, 1.82) is 0 Å². The van der Waals surface area contributed by atoms with Gasteiger partial charge in [-0.1, -0.05) is 30.3 Å². The van der Waals surface area contributed by atoms with E-state index in [-0.39, 0.29) is 11.3 Å². The Morgan fingerprint density at radius 2 is 2.00 bits per heavy atom. The Labute approximate surface area is 121 Å². The number of H-pyrrole nitrogens is 1. The number of carbonyl (C=O) groups excluding carboxylic acids is 1. The first-order valence-electron chi connectivity index (χ1n) is 6.61. The average molecular weight is 281 g/mol. The minimum atomic E-state index is -0.570. The van der Waals surface area contributed by atoms with Gasteiger partial charge in [0.2, 0.25) is 0 Å². The molecule has 1 aromatic carbocycles. The van der Waals surface area contributed by atoms with Crippen LogP contribution in [0.1, 0.15) is 21.6 Å². The van der Waals surface area contributed by atoms with Gasteiger partial charge in [0.15, 0.2) is 0 Å². The SMILES string of the molecule is Cn1cc(Cc2ccccc2)c2cc(C(N)=O)[nH]c2c1=O. The fourth-order valence-corrected chi connectivity index (χ4v) is 2.50. The van der Waals surface area contributed by atoms with E-state index in [1.54, 1.807) is 19.3 Å². The van der Waals surface area contributed by atoms with Crippen molar-refractivity contribution >= 4 is 16.8 Å². The predicted octanol–water partition coefficient (Wildman–Crippen LogP) is 1.56. The van der Waals surface area contributed by atoms with Crippen molar-refractivity contribution in [1.82, 2.24) is 9.55 Å². The second-order valence-electron chi connectivity index (χ2n) is 5.07. The Morgan fingerprint density at radius 1 is 1.29 bits per heavy atom. The summed E-state index contributed by atoms with van der Waals surface area (Å²) in [6.07, 6.45) is 2.48. The van der Waals surface area contributed by atoms with Crippen LogP contribution in [0, 0.1) is 0 Å². The number of nitrogens with zero attached hydrogens (tertiary/aromatic N) is 1. The lowest BCUT2D eigenvalue weighted by Gasteiger charge is -2.06. The first kappa shape index (κ1) is 13.2. The molecule has 1 amide bonds. The molecule has 0 radical (unpaired) electrons. The molecule has 2 heterocycles. The fraction of sp³-hybridized carbons (Fsp3) is 0.125. The molecule has 0 aliphatic heterocycles. The van der Waals surface area contributed by atoms with Crippen LogP contribution in [-0.2, 0) is 13.5 Å². The maximum Gasteiger partial charge on any atom is 0.274 e. The third-order valence-electron chi connectivity index (χ3n) is 3.55. The van der Waals surface area contributed by atoms with E-state index >= 15 is 0 Å². The van der Waals surface area contributed by atoms with Gasteiger partial charge in [-0.25, -0.2) is 0 Å². The molecule has 2 aromatic heterocycles. The van der Waals surface area contributed by atoms with Crippen molar-refractivity contribution in [3.63, 3.8) is 0 Å². The zero-order chi connectivity index (χ0) is 15.0. The molecule has 0 fully saturated rings. The van der Waals surface area contributed by atoms with Crippen LogP contribution < -0.4 is 11.3 Å². The molecule has 21 heavy (non-hydrogen) atoms. The van der Waals surface area contributed by atoms with Gasteiger partial charge in [-0.15, -0.1) is 0 Å². The summed E-state index contributed by atoms with van der Waals surface area (Å²) < 4.78 is 1.52. The number of hydrogen-bond donors (Lipinski definition) is 2. The van der Waals surface area contributed by atoms with E-state index in [1.165, 1.54) is 4.57 Å². The van der Waals surface area contributed by atoms with Crippen molar-refractivity contribution in [2.75, 3.05) is 0 Å². The number of rotatable bonds is 3. The minimum Gasteiger partial charge on any atom is -0.364 e. The maximum absolute atomic E-state index is 12.1. The normalized spacial score (nSPS) is 10.9. The van der Waals surface area contributed by atoms with E-state index in [0.29, 0.717) is 11.9 Å². The highest BCUT2D eigenvalue weighted by Crippen LogP contribution is 2.20. The van der Waals surface area contributed by atoms with Crippen LogP contribution >= 0.6 is 0 Å². The van der Waals surface area contributed by atoms with E-state index in [1.807, 2.05) is 30.3 Å². The summed E-state index contributed by atoms with van der Waals surface area (Å²) in [5.41, 5.74) is 7.90. The molecule has 5 heteroatoms. The summed E-state index contributed by atoms with van der Waals surface area (Å²) in [5, 5.41) is 0.746. The first-order chi connectivity index (χ1) is 10.1. The van der Waals surface area contributed by atoms with Crippen LogP contribution in [0.5, 0.6) is 0 Å². The van der Waals surface area contributed by atoms with Gasteiger partial charge >= 0.3 is 0 Å². The van der Waals surface area contributed by atoms with E-state index in [9.17, 15) is 9.59 Å². The van der Waals surface area contributed by atoms with Crippen molar-refractivity contribution < 1.29 is 4.79 Å². The van der Waals surface area contributed by atoms with Gasteiger partial charge in [-0.05, 0) is 23.6 Å². The van der Waals surface area contributed by atoms with E-state index in [0.717, 1.165) is 16.5 Å². The zero-order valence-electron chi connectivity index (χ0n) is 11.6. The summed E-state index contributed by atoms with van der Waals surface area (Å²) in [6, 6.07) is 11.6. The number of pyridine rings is 1. The summed E-state index contributed by atoms with van der Waals surface area (Å²) in [6.45, 7) is 0. The van der Waals surface area contributed by atoms with Gasteiger partial charge in [-0.3, -0.25) is 9.59 Å². The highest BCUT2D eigenvalue weighted by Gasteiger charge is 2.13. The van der Waals surface area contributed by atoms with E-state index in [4.69, 9.17) is 5.73 Å². The molecule has 0 bridgehead atoms. The number of primary amides is 1. The summed E-state index contributed by atoms with van der Waals surface area (Å²) in [7, 11) is 1.70. The predicted molar refractivity (Wildman–Crippen MR) is 81.3 cm³/mol. The molecule has 3 aromatic rings. The lowest BCUT2D eigenvalue weighted by Crippen LogP contribution is -2.18. The molecular weight excluding hydrogens is 266 g/mol. The van der Waals surface area contributed by atoms with Gasteiger partial charge in [-0.2, -0.15) is 0 Å². The molecule has 106 valence electrons. The molecule has 0 aliphatic carbocycles. The Balaban J connectivity index is 2.20. The van der Waals surface area contributed by atoms with Crippen molar-refractivity contribution in [3.8, 4) is 0 Å². The van der Waals surface area contributed by atoms with Crippen LogP contribution in [0.2, 0.25) is 0 Å². The number of hydrogen-bond acceptors (Lipinski definition) is 2. The quantitative estimate of drug-likeness (QED) is 0.764. The Bertz CT molecular complexity index is 876. The number of aryl methyl sites for hydroxylation is 1. The lowest BCUT2D eigenvalue weighted by atomic mass is 10.0. The van der Waals surface area contributed by atoms with Crippen LogP contribution in [0.25, 0.3) is 10.9 Å². The average Bonchev–Trinajstić information content (AvgIpc) is 2.91. The lowest BCUT2D eigenvalue weighted by molar-refractivity contribution is 0.0996. The monoisotopic (exact) mass is 281 g/mol.